The highest BCUT2D eigenvalue weighted by Gasteiger charge is 2.48. The van der Waals surface area contributed by atoms with Crippen LogP contribution in [0.5, 0.6) is 0 Å². The molecule has 2 aliphatic heterocycles. The third-order valence-electron chi connectivity index (χ3n) is 10.8. The molecule has 7 rings (SSSR count). The van der Waals surface area contributed by atoms with Crippen molar-refractivity contribution in [1.29, 1.82) is 0 Å². The molecule has 3 aliphatic rings. The highest BCUT2D eigenvalue weighted by molar-refractivity contribution is 6.31. The van der Waals surface area contributed by atoms with E-state index in [0.717, 1.165) is 28.6 Å². The van der Waals surface area contributed by atoms with Crippen LogP contribution in [-0.2, 0) is 25.5 Å². The number of ether oxygens (including phenoxy) is 1. The molecule has 0 bridgehead atoms. The number of carbonyl (C=O) groups excluding carboxylic acids is 4. The lowest BCUT2D eigenvalue weighted by molar-refractivity contribution is -0.138. The smallest absolute Gasteiger partial charge is 0.271 e. The van der Waals surface area contributed by atoms with E-state index in [9.17, 15) is 14.4 Å². The number of amides is 4. The van der Waals surface area contributed by atoms with Crippen molar-refractivity contribution in [2.24, 2.45) is 23.7 Å². The van der Waals surface area contributed by atoms with Gasteiger partial charge in [-0.1, -0.05) is 67.3 Å². The van der Waals surface area contributed by atoms with E-state index in [1.165, 1.54) is 32.1 Å². The molecule has 282 valence electrons. The number of benzene rings is 2. The number of nitrogens with one attached hydrogen (secondary N) is 4. The minimum absolute atomic E-state index is 0.0318. The van der Waals surface area contributed by atoms with E-state index < -0.39 is 5.92 Å². The van der Waals surface area contributed by atoms with E-state index in [4.69, 9.17) is 21.1 Å². The molecule has 2 aromatic heterocycles. The fraction of sp³-hybridized carbons (Fsp3) is 0.475. The van der Waals surface area contributed by atoms with E-state index in [1.54, 1.807) is 13.1 Å². The maximum atomic E-state index is 13.9. The first-order valence-corrected chi connectivity index (χ1v) is 19.1. The predicted octanol–water partition coefficient (Wildman–Crippen LogP) is 5.06. The monoisotopic (exact) mass is 743 g/mol. The van der Waals surface area contributed by atoms with E-state index >= 15 is 0 Å². The molecule has 1 aliphatic carbocycles. The van der Waals surface area contributed by atoms with Crippen LogP contribution in [0.4, 0.5) is 0 Å². The van der Waals surface area contributed by atoms with Gasteiger partial charge < -0.3 is 30.2 Å². The number of aromatic amines is 2. The van der Waals surface area contributed by atoms with Crippen LogP contribution in [0.2, 0.25) is 5.02 Å². The first-order valence-electron chi connectivity index (χ1n) is 18.7. The van der Waals surface area contributed by atoms with Crippen molar-refractivity contribution in [3.63, 3.8) is 0 Å². The maximum Gasteiger partial charge on any atom is 0.271 e. The molecule has 1 saturated carbocycles. The second kappa shape index (κ2) is 17.9. The second-order valence-corrected chi connectivity index (χ2v) is 15.0. The van der Waals surface area contributed by atoms with E-state index in [-0.39, 0.29) is 42.1 Å². The van der Waals surface area contributed by atoms with Gasteiger partial charge in [-0.25, -0.2) is 0 Å². The van der Waals surface area contributed by atoms with Gasteiger partial charge in [-0.3, -0.25) is 24.3 Å². The van der Waals surface area contributed by atoms with Gasteiger partial charge in [-0.2, -0.15) is 5.10 Å². The molecular weight excluding hydrogens is 694 g/mol. The Morgan fingerprint density at radius 3 is 2.53 bits per heavy atom. The third-order valence-corrected chi connectivity index (χ3v) is 11.1. The Bertz CT molecular complexity index is 1860. The number of halogens is 1. The summed E-state index contributed by atoms with van der Waals surface area (Å²) >= 11 is 6.18. The molecule has 13 heteroatoms. The van der Waals surface area contributed by atoms with Crippen LogP contribution >= 0.6 is 11.6 Å². The van der Waals surface area contributed by atoms with Crippen LogP contribution < -0.4 is 10.6 Å². The predicted molar refractivity (Wildman–Crippen MR) is 204 cm³/mol. The number of H-pyrrole nitrogens is 2. The highest BCUT2D eigenvalue weighted by Crippen LogP contribution is 2.37. The molecule has 3 fully saturated rings. The molecule has 2 saturated heterocycles. The first-order chi connectivity index (χ1) is 25.7. The maximum absolute atomic E-state index is 13.9. The Balaban J connectivity index is 0.00000114. The van der Waals surface area contributed by atoms with Crippen molar-refractivity contribution >= 4 is 46.6 Å². The molecule has 0 spiro atoms. The van der Waals surface area contributed by atoms with Gasteiger partial charge in [-0.15, -0.1) is 0 Å². The zero-order valence-electron chi connectivity index (χ0n) is 30.5. The number of hydrogen-bond acceptors (Lipinski definition) is 6. The minimum atomic E-state index is -0.450. The van der Waals surface area contributed by atoms with Crippen LogP contribution in [0.3, 0.4) is 0 Å². The number of piperidine rings is 1. The zero-order chi connectivity index (χ0) is 37.3. The number of carbonyl (C=O) groups is 4. The Morgan fingerprint density at radius 2 is 1.77 bits per heavy atom. The largest absolute Gasteiger partial charge is 0.376 e. The molecular formula is C40H50ClN7O5. The quantitative estimate of drug-likeness (QED) is 0.158. The standard InChI is InChI=1S/C38H45ClN6O4.C2H5NO/c1-24(49-23-25-8-4-2-5-9-25)17-41-37(47)32-22-44(36(46)14-27-18-40-34-15-29(39)12-13-30(27)34)19-28-20-45(21-31(28)32)38(48)35-16-33(42-43-35)26-10-6-3-7-11-26;1-3-2-4/h3,6-7,10-13,15-16,18,24-25,28,31-32,40H,2,4-5,8-9,14,17,19-23H2,1H3,(H,41,47)(H,42,43);2H,1H3,(H,3,4)/t24-,28?,31?,32?;/m1./s1. The van der Waals surface area contributed by atoms with Gasteiger partial charge >= 0.3 is 0 Å². The van der Waals surface area contributed by atoms with Gasteiger partial charge in [0, 0.05) is 74.1 Å². The number of likely N-dealkylation sites (tertiary alicyclic amines) is 2. The summed E-state index contributed by atoms with van der Waals surface area (Å²) in [7, 11) is 1.56. The number of rotatable bonds is 11. The van der Waals surface area contributed by atoms with Gasteiger partial charge in [-0.05, 0) is 61.3 Å². The second-order valence-electron chi connectivity index (χ2n) is 14.6. The van der Waals surface area contributed by atoms with E-state index in [1.807, 2.05) is 71.5 Å². The van der Waals surface area contributed by atoms with E-state index in [0.29, 0.717) is 61.5 Å². The Kier molecular flexibility index (Phi) is 12.9. The molecule has 4 aromatic rings. The Hall–Kier alpha value is -4.68. The topological polar surface area (TPSA) is 153 Å². The summed E-state index contributed by atoms with van der Waals surface area (Å²) in [6.45, 7) is 4.84. The molecule has 4 amide bonds. The summed E-state index contributed by atoms with van der Waals surface area (Å²) in [5.41, 5.74) is 3.81. The molecule has 4 N–H and O–H groups in total. The van der Waals surface area contributed by atoms with Crippen molar-refractivity contribution in [3.8, 4) is 11.3 Å². The van der Waals surface area contributed by atoms with E-state index in [2.05, 4.69) is 25.8 Å². The summed E-state index contributed by atoms with van der Waals surface area (Å²) in [5, 5.41) is 14.3. The van der Waals surface area contributed by atoms with Crippen molar-refractivity contribution in [2.45, 2.75) is 51.6 Å². The molecule has 53 heavy (non-hydrogen) atoms. The average molecular weight is 744 g/mol. The van der Waals surface area contributed by atoms with Gasteiger partial charge in [0.15, 0.2) is 0 Å². The van der Waals surface area contributed by atoms with Gasteiger partial charge in [0.25, 0.3) is 5.91 Å². The number of hydrogen-bond donors (Lipinski definition) is 4. The van der Waals surface area contributed by atoms with Crippen molar-refractivity contribution in [3.05, 3.63) is 77.1 Å². The molecule has 2 aromatic carbocycles. The summed E-state index contributed by atoms with van der Waals surface area (Å²) in [6.07, 6.45) is 8.83. The normalized spacial score (nSPS) is 20.6. The van der Waals surface area contributed by atoms with Crippen molar-refractivity contribution in [2.75, 3.05) is 46.4 Å². The van der Waals surface area contributed by atoms with Crippen molar-refractivity contribution < 1.29 is 23.9 Å². The van der Waals surface area contributed by atoms with Crippen LogP contribution in [0.15, 0.2) is 60.8 Å². The molecule has 3 unspecified atom stereocenters. The van der Waals surface area contributed by atoms with Crippen LogP contribution in [0, 0.1) is 23.7 Å². The summed E-state index contributed by atoms with van der Waals surface area (Å²) in [4.78, 5) is 57.4. The summed E-state index contributed by atoms with van der Waals surface area (Å²) in [6, 6.07) is 17.1. The van der Waals surface area contributed by atoms with Crippen LogP contribution in [0.1, 0.15) is 55.1 Å². The Labute approximate surface area is 315 Å². The fourth-order valence-electron chi connectivity index (χ4n) is 7.95. The molecule has 0 radical (unpaired) electrons. The van der Waals surface area contributed by atoms with Gasteiger partial charge in [0.2, 0.25) is 18.2 Å². The molecule has 12 nitrogen and oxygen atoms in total. The van der Waals surface area contributed by atoms with Crippen LogP contribution in [0.25, 0.3) is 22.2 Å². The summed E-state index contributed by atoms with van der Waals surface area (Å²) < 4.78 is 6.15. The lowest BCUT2D eigenvalue weighted by Gasteiger charge is -2.39. The zero-order valence-corrected chi connectivity index (χ0v) is 31.2. The fourth-order valence-corrected chi connectivity index (χ4v) is 8.12. The number of aromatic nitrogens is 3. The molecule has 4 atom stereocenters. The summed E-state index contributed by atoms with van der Waals surface area (Å²) in [5.74, 6) is -0.237. The van der Waals surface area contributed by atoms with Crippen LogP contribution in [-0.4, -0.2) is 102 Å². The Morgan fingerprint density at radius 1 is 1.02 bits per heavy atom. The third kappa shape index (κ3) is 9.47. The SMILES string of the molecule is CNC=O.C[C@H](CNC(=O)C1CN(C(=O)Cc2c[nH]c3cc(Cl)ccc23)CC2CN(C(=O)c3cc(-c4ccccc4)n[nH]3)CC21)OCC1CCCCC1. The molecule has 4 heterocycles. The average Bonchev–Trinajstić information content (AvgIpc) is 3.95. The van der Waals surface area contributed by atoms with Gasteiger partial charge in [0.1, 0.15) is 5.69 Å². The minimum Gasteiger partial charge on any atom is -0.376 e. The highest BCUT2D eigenvalue weighted by atomic mass is 35.5. The van der Waals surface area contributed by atoms with Crippen molar-refractivity contribution in [1.82, 2.24) is 35.6 Å². The lowest BCUT2D eigenvalue weighted by atomic mass is 9.79. The van der Waals surface area contributed by atoms with Gasteiger partial charge in [0.05, 0.1) is 24.1 Å². The number of nitrogens with zero attached hydrogens (tertiary/aromatic N) is 3. The lowest BCUT2D eigenvalue weighted by Crippen LogP contribution is -2.54. The number of fused-ring (bicyclic) bond motifs is 2. The first kappa shape index (κ1) is 38.1.